The zero-order chi connectivity index (χ0) is 19.1. The molecular formula is C19H18N4O4. The van der Waals surface area contributed by atoms with E-state index in [0.29, 0.717) is 22.7 Å². The number of carbonyl (C=O) groups is 2. The largest absolute Gasteiger partial charge is 0.497 e. The highest BCUT2D eigenvalue weighted by atomic mass is 16.5. The van der Waals surface area contributed by atoms with E-state index in [4.69, 9.17) is 9.26 Å². The Hall–Kier alpha value is -3.68. The van der Waals surface area contributed by atoms with Crippen LogP contribution in [-0.2, 0) is 0 Å². The highest BCUT2D eigenvalue weighted by Gasteiger charge is 2.15. The SMILES string of the molecule is COc1ccc(-c2noc(C(=O)NCCNC(=O)c3ccccc3)n2)cc1. The number of nitrogens with one attached hydrogen (secondary N) is 2. The summed E-state index contributed by atoms with van der Waals surface area (Å²) in [7, 11) is 1.58. The fourth-order valence-electron chi connectivity index (χ4n) is 2.29. The van der Waals surface area contributed by atoms with Gasteiger partial charge in [0.15, 0.2) is 0 Å². The fourth-order valence-corrected chi connectivity index (χ4v) is 2.29. The average Bonchev–Trinajstić information content (AvgIpc) is 3.22. The molecule has 1 heterocycles. The molecule has 0 aliphatic carbocycles. The van der Waals surface area contributed by atoms with Crippen molar-refractivity contribution in [2.24, 2.45) is 0 Å². The summed E-state index contributed by atoms with van der Waals surface area (Å²) in [6, 6.07) is 15.9. The Bertz CT molecular complexity index is 907. The van der Waals surface area contributed by atoms with Gasteiger partial charge >= 0.3 is 11.8 Å². The molecule has 8 nitrogen and oxygen atoms in total. The van der Waals surface area contributed by atoms with Crippen LogP contribution in [0.1, 0.15) is 21.0 Å². The van der Waals surface area contributed by atoms with Crippen LogP contribution in [0.15, 0.2) is 59.1 Å². The third-order valence-electron chi connectivity index (χ3n) is 3.70. The van der Waals surface area contributed by atoms with Crippen molar-refractivity contribution in [3.63, 3.8) is 0 Å². The van der Waals surface area contributed by atoms with Crippen molar-refractivity contribution >= 4 is 11.8 Å². The molecule has 0 radical (unpaired) electrons. The quantitative estimate of drug-likeness (QED) is 0.619. The number of aromatic nitrogens is 2. The molecule has 8 heteroatoms. The number of carbonyl (C=O) groups excluding carboxylic acids is 2. The summed E-state index contributed by atoms with van der Waals surface area (Å²) < 4.78 is 10.1. The zero-order valence-electron chi connectivity index (χ0n) is 14.6. The van der Waals surface area contributed by atoms with Crippen LogP contribution in [0.25, 0.3) is 11.4 Å². The molecule has 2 aromatic carbocycles. The molecule has 1 aromatic heterocycles. The Balaban J connectivity index is 1.48. The van der Waals surface area contributed by atoms with E-state index in [1.807, 2.05) is 6.07 Å². The molecule has 0 aliphatic heterocycles. The molecule has 0 unspecified atom stereocenters. The summed E-state index contributed by atoms with van der Waals surface area (Å²) in [5.74, 6) is 0.161. The van der Waals surface area contributed by atoms with Crippen molar-refractivity contribution in [2.45, 2.75) is 0 Å². The molecule has 2 N–H and O–H groups in total. The van der Waals surface area contributed by atoms with Crippen molar-refractivity contribution in [3.8, 4) is 17.1 Å². The summed E-state index contributed by atoms with van der Waals surface area (Å²) >= 11 is 0. The first-order chi connectivity index (χ1) is 13.2. The van der Waals surface area contributed by atoms with E-state index in [1.165, 1.54) is 0 Å². The normalized spacial score (nSPS) is 10.3. The molecule has 0 bridgehead atoms. The predicted octanol–water partition coefficient (Wildman–Crippen LogP) is 1.90. The van der Waals surface area contributed by atoms with Crippen LogP contribution in [0.5, 0.6) is 5.75 Å². The third-order valence-corrected chi connectivity index (χ3v) is 3.70. The summed E-state index contributed by atoms with van der Waals surface area (Å²) in [6.07, 6.45) is 0. The highest BCUT2D eigenvalue weighted by molar-refractivity contribution is 5.94. The van der Waals surface area contributed by atoms with Gasteiger partial charge in [-0.2, -0.15) is 4.98 Å². The molecule has 0 aliphatic rings. The summed E-state index contributed by atoms with van der Waals surface area (Å²) in [5, 5.41) is 9.14. The molecule has 2 amide bonds. The van der Waals surface area contributed by atoms with Crippen molar-refractivity contribution < 1.29 is 18.8 Å². The minimum atomic E-state index is -0.503. The smallest absolute Gasteiger partial charge is 0.316 e. The van der Waals surface area contributed by atoms with Crippen molar-refractivity contribution in [2.75, 3.05) is 20.2 Å². The number of rotatable bonds is 7. The maximum absolute atomic E-state index is 12.1. The van der Waals surface area contributed by atoms with Gasteiger partial charge in [0.1, 0.15) is 5.75 Å². The molecule has 27 heavy (non-hydrogen) atoms. The number of ether oxygens (including phenoxy) is 1. The Labute approximate surface area is 155 Å². The Morgan fingerprint density at radius 3 is 2.30 bits per heavy atom. The van der Waals surface area contributed by atoms with Crippen LogP contribution in [0, 0.1) is 0 Å². The van der Waals surface area contributed by atoms with E-state index in [2.05, 4.69) is 20.8 Å². The number of methoxy groups -OCH3 is 1. The Kier molecular flexibility index (Phi) is 5.78. The molecule has 0 spiro atoms. The third kappa shape index (κ3) is 4.69. The number of hydrogen-bond acceptors (Lipinski definition) is 6. The number of benzene rings is 2. The van der Waals surface area contributed by atoms with Gasteiger partial charge in [0.25, 0.3) is 5.91 Å². The minimum absolute atomic E-state index is 0.143. The number of nitrogens with zero attached hydrogens (tertiary/aromatic N) is 2. The van der Waals surface area contributed by atoms with Crippen molar-refractivity contribution in [1.29, 1.82) is 0 Å². The molecule has 138 valence electrons. The molecule has 0 saturated carbocycles. The van der Waals surface area contributed by atoms with Crippen LogP contribution in [-0.4, -0.2) is 42.2 Å². The molecule has 3 rings (SSSR count). The van der Waals surface area contributed by atoms with Gasteiger partial charge in [0, 0.05) is 24.2 Å². The van der Waals surface area contributed by atoms with Crippen LogP contribution < -0.4 is 15.4 Å². The van der Waals surface area contributed by atoms with Crippen LogP contribution >= 0.6 is 0 Å². The second-order valence-electron chi connectivity index (χ2n) is 5.53. The van der Waals surface area contributed by atoms with Crippen LogP contribution in [0.3, 0.4) is 0 Å². The van der Waals surface area contributed by atoms with Gasteiger partial charge in [-0.15, -0.1) is 0 Å². The second-order valence-corrected chi connectivity index (χ2v) is 5.53. The van der Waals surface area contributed by atoms with E-state index >= 15 is 0 Å². The predicted molar refractivity (Wildman–Crippen MR) is 97.4 cm³/mol. The standard InChI is InChI=1S/C19H18N4O4/c1-26-15-9-7-13(8-10-15)16-22-19(27-23-16)18(25)21-12-11-20-17(24)14-5-3-2-4-6-14/h2-10H,11-12H2,1H3,(H,20,24)(H,21,25). The second kappa shape index (κ2) is 8.61. The fraction of sp³-hybridized carbons (Fsp3) is 0.158. The minimum Gasteiger partial charge on any atom is -0.497 e. The van der Waals surface area contributed by atoms with Crippen molar-refractivity contribution in [3.05, 3.63) is 66.1 Å². The highest BCUT2D eigenvalue weighted by Crippen LogP contribution is 2.19. The van der Waals surface area contributed by atoms with E-state index in [1.54, 1.807) is 55.6 Å². The van der Waals surface area contributed by atoms with Gasteiger partial charge in [0.2, 0.25) is 5.82 Å². The van der Waals surface area contributed by atoms with Gasteiger partial charge in [-0.05, 0) is 36.4 Å². The zero-order valence-corrected chi connectivity index (χ0v) is 14.6. The van der Waals surface area contributed by atoms with Crippen molar-refractivity contribution in [1.82, 2.24) is 20.8 Å². The van der Waals surface area contributed by atoms with Gasteiger partial charge in [-0.25, -0.2) is 0 Å². The topological polar surface area (TPSA) is 106 Å². The van der Waals surface area contributed by atoms with Gasteiger partial charge < -0.3 is 19.9 Å². The maximum atomic E-state index is 12.1. The molecule has 0 saturated heterocycles. The first-order valence-corrected chi connectivity index (χ1v) is 8.27. The van der Waals surface area contributed by atoms with Gasteiger partial charge in [-0.3, -0.25) is 9.59 Å². The lowest BCUT2D eigenvalue weighted by molar-refractivity contribution is 0.0898. The molecular weight excluding hydrogens is 348 g/mol. The number of amides is 2. The lowest BCUT2D eigenvalue weighted by Gasteiger charge is -2.05. The monoisotopic (exact) mass is 366 g/mol. The van der Waals surface area contributed by atoms with Crippen LogP contribution in [0.2, 0.25) is 0 Å². The number of hydrogen-bond donors (Lipinski definition) is 2. The van der Waals surface area contributed by atoms with Crippen LogP contribution in [0.4, 0.5) is 0 Å². The Morgan fingerprint density at radius 2 is 1.63 bits per heavy atom. The lowest BCUT2D eigenvalue weighted by Crippen LogP contribution is -2.34. The summed E-state index contributed by atoms with van der Waals surface area (Å²) in [6.45, 7) is 0.511. The summed E-state index contributed by atoms with van der Waals surface area (Å²) in [4.78, 5) is 28.0. The summed E-state index contributed by atoms with van der Waals surface area (Å²) in [5.41, 5.74) is 1.26. The molecule has 0 fully saturated rings. The van der Waals surface area contributed by atoms with E-state index in [-0.39, 0.29) is 24.9 Å². The van der Waals surface area contributed by atoms with E-state index < -0.39 is 5.91 Å². The molecule has 0 atom stereocenters. The van der Waals surface area contributed by atoms with Gasteiger partial charge in [0.05, 0.1) is 7.11 Å². The van der Waals surface area contributed by atoms with Gasteiger partial charge in [-0.1, -0.05) is 23.4 Å². The molecule has 3 aromatic rings. The van der Waals surface area contributed by atoms with E-state index in [0.717, 1.165) is 0 Å². The Morgan fingerprint density at radius 1 is 0.963 bits per heavy atom. The average molecular weight is 366 g/mol. The lowest BCUT2D eigenvalue weighted by atomic mass is 10.2. The maximum Gasteiger partial charge on any atom is 0.316 e. The van der Waals surface area contributed by atoms with E-state index in [9.17, 15) is 9.59 Å². The first-order valence-electron chi connectivity index (χ1n) is 8.27. The first kappa shape index (κ1) is 18.1.